The summed E-state index contributed by atoms with van der Waals surface area (Å²) in [6, 6.07) is 20.7. The van der Waals surface area contributed by atoms with Gasteiger partial charge in [0.15, 0.2) is 0 Å². The molecule has 0 unspecified atom stereocenters. The Balaban J connectivity index is -0.0000000501. The molecule has 0 fully saturated rings. The second-order valence-corrected chi connectivity index (χ2v) is 14.6. The summed E-state index contributed by atoms with van der Waals surface area (Å²) in [5, 5.41) is 0. The molecule has 47 heavy (non-hydrogen) atoms. The summed E-state index contributed by atoms with van der Waals surface area (Å²) < 4.78 is 0. The molecule has 0 radical (unpaired) electrons. The lowest BCUT2D eigenvalue weighted by Crippen LogP contribution is -2.00. The zero-order chi connectivity index (χ0) is 38.6. The van der Waals surface area contributed by atoms with Crippen LogP contribution in [-0.4, -0.2) is 0 Å². The maximum Gasteiger partial charge on any atom is -0.0307 e. The molecule has 0 N–H and O–H groups in total. The maximum absolute atomic E-state index is 2.24. The fraction of sp³-hybridized carbons (Fsp3) is 0.745. The van der Waals surface area contributed by atoms with E-state index in [0.29, 0.717) is 10.8 Å². The lowest BCUT2D eigenvalue weighted by Gasteiger charge is -2.12. The summed E-state index contributed by atoms with van der Waals surface area (Å²) in [7, 11) is 0. The van der Waals surface area contributed by atoms with Crippen molar-refractivity contribution in [1.29, 1.82) is 0 Å². The molecule has 288 valence electrons. The van der Waals surface area contributed by atoms with Gasteiger partial charge in [-0.25, -0.2) is 0 Å². The van der Waals surface area contributed by atoms with Crippen LogP contribution in [0.2, 0.25) is 0 Å². The summed E-state index contributed by atoms with van der Waals surface area (Å²) in [5.74, 6) is 1.72. The monoisotopic (exact) mass is 665 g/mol. The van der Waals surface area contributed by atoms with Gasteiger partial charge in [-0.2, -0.15) is 0 Å². The van der Waals surface area contributed by atoms with Crippen LogP contribution < -0.4 is 0 Å². The fourth-order valence-corrected chi connectivity index (χ4v) is 1.25. The van der Waals surface area contributed by atoms with Crippen LogP contribution in [0.15, 0.2) is 60.7 Å². The summed E-state index contributed by atoms with van der Waals surface area (Å²) in [4.78, 5) is 0. The Morgan fingerprint density at radius 2 is 0.745 bits per heavy atom. The highest BCUT2D eigenvalue weighted by Gasteiger charge is 2.03. The smallest absolute Gasteiger partial charge is 0.0307 e. The lowest BCUT2D eigenvalue weighted by atomic mass is 9.94. The van der Waals surface area contributed by atoms with E-state index in [1.165, 1.54) is 43.2 Å². The number of aryl methyl sites for hydroxylation is 2. The Morgan fingerprint density at radius 3 is 0.830 bits per heavy atom. The first-order valence-corrected chi connectivity index (χ1v) is 19.3. The molecule has 0 amide bonds. The second kappa shape index (κ2) is 56.8. The number of hydrogen-bond donors (Lipinski definition) is 0. The van der Waals surface area contributed by atoms with Gasteiger partial charge < -0.3 is 0 Å². The zero-order valence-corrected chi connectivity index (χ0v) is 37.2. The van der Waals surface area contributed by atoms with E-state index >= 15 is 0 Å². The highest BCUT2D eigenvalue weighted by atomic mass is 14.1. The Kier molecular flexibility index (Phi) is 81.6. The SMILES string of the molecule is C.CC.CC.CC(C)(C)C.CC(C)C.CCC.CCC(C)(C)C.CCC(C)C.CCCC.CCc1ccccc1.Cc1ccccc1. The summed E-state index contributed by atoms with van der Waals surface area (Å²) >= 11 is 0. The summed E-state index contributed by atoms with van der Waals surface area (Å²) in [6.07, 6.45) is 7.60. The molecular formula is C47H100. The van der Waals surface area contributed by atoms with Crippen LogP contribution in [0, 0.1) is 29.6 Å². The third-order valence-electron chi connectivity index (χ3n) is 4.57. The number of hydrogen-bond acceptors (Lipinski definition) is 0. The van der Waals surface area contributed by atoms with Gasteiger partial charge in [0.05, 0.1) is 0 Å². The normalized spacial score (nSPS) is 8.72. The Bertz CT molecular complexity index is 640. The van der Waals surface area contributed by atoms with Crippen molar-refractivity contribution >= 4 is 0 Å². The van der Waals surface area contributed by atoms with Crippen molar-refractivity contribution in [3.05, 3.63) is 71.8 Å². The molecule has 0 nitrogen and oxygen atoms in total. The van der Waals surface area contributed by atoms with E-state index in [9.17, 15) is 0 Å². The van der Waals surface area contributed by atoms with Gasteiger partial charge >= 0.3 is 0 Å². The van der Waals surface area contributed by atoms with Crippen molar-refractivity contribution in [2.45, 2.75) is 212 Å². The second-order valence-electron chi connectivity index (χ2n) is 14.6. The quantitative estimate of drug-likeness (QED) is 0.306. The summed E-state index contributed by atoms with van der Waals surface area (Å²) in [6.45, 7) is 51.7. The Hall–Kier alpha value is -1.56. The number of unbranched alkanes of at least 4 members (excludes halogenated alkanes) is 1. The van der Waals surface area contributed by atoms with Crippen molar-refractivity contribution in [2.75, 3.05) is 0 Å². The average molecular weight is 665 g/mol. The molecule has 2 aromatic carbocycles. The molecule has 0 saturated heterocycles. The van der Waals surface area contributed by atoms with Gasteiger partial charge in [0.25, 0.3) is 0 Å². The molecule has 0 bridgehead atoms. The molecule has 0 aliphatic heterocycles. The third-order valence-corrected chi connectivity index (χ3v) is 4.57. The number of rotatable bonds is 3. The largest absolute Gasteiger partial charge is 0.0776 e. The van der Waals surface area contributed by atoms with Crippen LogP contribution in [0.25, 0.3) is 0 Å². The average Bonchev–Trinajstić information content (AvgIpc) is 3.00. The van der Waals surface area contributed by atoms with Crippen molar-refractivity contribution in [3.63, 3.8) is 0 Å². The van der Waals surface area contributed by atoms with Gasteiger partial charge in [0.1, 0.15) is 0 Å². The first-order valence-electron chi connectivity index (χ1n) is 19.3. The van der Waals surface area contributed by atoms with Gasteiger partial charge in [0, 0.05) is 0 Å². The maximum atomic E-state index is 2.24. The molecule has 0 saturated carbocycles. The third kappa shape index (κ3) is 159. The molecule has 0 heterocycles. The van der Waals surface area contributed by atoms with E-state index in [-0.39, 0.29) is 7.43 Å². The molecule has 0 spiro atoms. The minimum atomic E-state index is 0. The standard InChI is InChI=1S/C8H10.C7H8.C6H14.2C5H12.2C4H10.C3H8.2C2H6.CH4/c1-2-8-6-4-3-5-7-8;1-7-5-3-2-4-6-7;1-5-6(2,3)4;1-5(2,3)4;1-4-5(2)3;1-4(2)3;1-3-4-2;1-3-2;2*1-2;/h3-7H,2H2,1H3;2-6H,1H3;5H2,1-4H3;1-4H3;5H,4H2,1-3H3;4H,1-3H3;3-4H2,1-2H3;3H2,1-2H3;2*1-2H3;1H4. The summed E-state index contributed by atoms with van der Waals surface area (Å²) in [5.41, 5.74) is 3.77. The van der Waals surface area contributed by atoms with Gasteiger partial charge in [-0.1, -0.05) is 265 Å². The number of benzene rings is 2. The van der Waals surface area contributed by atoms with Crippen molar-refractivity contribution < 1.29 is 0 Å². The predicted molar refractivity (Wildman–Crippen MR) is 233 cm³/mol. The molecule has 0 atom stereocenters. The Morgan fingerprint density at radius 1 is 0.532 bits per heavy atom. The van der Waals surface area contributed by atoms with Gasteiger partial charge in [-0.15, -0.1) is 0 Å². The van der Waals surface area contributed by atoms with E-state index in [1.807, 2.05) is 52.0 Å². The first kappa shape index (κ1) is 67.6. The topological polar surface area (TPSA) is 0 Å². The highest BCUT2D eigenvalue weighted by Crippen LogP contribution is 2.16. The van der Waals surface area contributed by atoms with Gasteiger partial charge in [-0.3, -0.25) is 0 Å². The van der Waals surface area contributed by atoms with Crippen molar-refractivity contribution in [3.8, 4) is 0 Å². The van der Waals surface area contributed by atoms with E-state index in [0.717, 1.165) is 18.3 Å². The highest BCUT2D eigenvalue weighted by molar-refractivity contribution is 5.14. The molecule has 2 aromatic rings. The van der Waals surface area contributed by atoms with Gasteiger partial charge in [0.2, 0.25) is 0 Å². The molecular weight excluding hydrogens is 565 g/mol. The van der Waals surface area contributed by atoms with Crippen LogP contribution >= 0.6 is 0 Å². The zero-order valence-electron chi connectivity index (χ0n) is 37.2. The van der Waals surface area contributed by atoms with Crippen LogP contribution in [0.4, 0.5) is 0 Å². The molecule has 2 rings (SSSR count). The minimum Gasteiger partial charge on any atom is -0.0776 e. The lowest BCUT2D eigenvalue weighted by molar-refractivity contribution is 0.398. The van der Waals surface area contributed by atoms with Crippen LogP contribution in [-0.2, 0) is 6.42 Å². The van der Waals surface area contributed by atoms with Crippen LogP contribution in [0.1, 0.15) is 210 Å². The molecule has 0 heteroatoms. The fourth-order valence-electron chi connectivity index (χ4n) is 1.25. The van der Waals surface area contributed by atoms with E-state index < -0.39 is 0 Å². The first-order chi connectivity index (χ1) is 21.2. The predicted octanol–water partition coefficient (Wildman–Crippen LogP) is 18.4. The molecule has 0 aliphatic rings. The minimum absolute atomic E-state index is 0. The van der Waals surface area contributed by atoms with E-state index in [2.05, 4.69) is 175 Å². The van der Waals surface area contributed by atoms with Gasteiger partial charge in [-0.05, 0) is 41.6 Å². The Labute approximate surface area is 305 Å². The van der Waals surface area contributed by atoms with Crippen LogP contribution in [0.3, 0.4) is 0 Å². The van der Waals surface area contributed by atoms with Crippen molar-refractivity contribution in [2.24, 2.45) is 22.7 Å². The van der Waals surface area contributed by atoms with Crippen LogP contribution in [0.5, 0.6) is 0 Å². The molecule has 0 aliphatic carbocycles. The van der Waals surface area contributed by atoms with E-state index in [1.54, 1.807) is 0 Å². The van der Waals surface area contributed by atoms with Crippen molar-refractivity contribution in [1.82, 2.24) is 0 Å². The van der Waals surface area contributed by atoms with E-state index in [4.69, 9.17) is 0 Å². The molecule has 0 aromatic heterocycles.